The highest BCUT2D eigenvalue weighted by Crippen LogP contribution is 2.20. The second-order valence-electron chi connectivity index (χ2n) is 4.62. The molecule has 16 heavy (non-hydrogen) atoms. The Hall–Kier alpha value is -0.460. The lowest BCUT2D eigenvalue weighted by Gasteiger charge is -2.17. The molecule has 0 unspecified atom stereocenters. The number of aromatic nitrogens is 1. The van der Waals surface area contributed by atoms with Crippen molar-refractivity contribution in [1.29, 1.82) is 0 Å². The summed E-state index contributed by atoms with van der Waals surface area (Å²) in [4.78, 5) is 3.85. The lowest BCUT2D eigenvalue weighted by molar-refractivity contribution is 0.203. The van der Waals surface area contributed by atoms with E-state index in [2.05, 4.69) is 20.9 Å². The van der Waals surface area contributed by atoms with E-state index in [1.807, 2.05) is 20.8 Å². The minimum absolute atomic E-state index is 0.0612. The van der Waals surface area contributed by atoms with Crippen molar-refractivity contribution in [3.05, 3.63) is 22.9 Å². The second kappa shape index (κ2) is 4.81. The molecule has 0 amide bonds. The topological polar surface area (TPSA) is 56.3 Å². The number of hydrogen-bond acceptors (Lipinski definition) is 4. The average molecular weight is 308 g/mol. The monoisotopic (exact) mass is 307 g/mol. The fourth-order valence-corrected chi connectivity index (χ4v) is 2.47. The normalized spacial score (nSPS) is 12.8. The van der Waals surface area contributed by atoms with E-state index in [1.54, 1.807) is 0 Å². The molecule has 1 heterocycles. The van der Waals surface area contributed by atoms with E-state index >= 15 is 0 Å². The summed E-state index contributed by atoms with van der Waals surface area (Å²) in [6.45, 7) is 5.85. The molecule has 1 rings (SSSR count). The molecule has 4 nitrogen and oxygen atoms in total. The quantitative estimate of drug-likeness (QED) is 0.805. The van der Waals surface area contributed by atoms with Gasteiger partial charge >= 0.3 is 0 Å². The lowest BCUT2D eigenvalue weighted by Crippen LogP contribution is -2.18. The molecule has 0 spiro atoms. The molecule has 0 bridgehead atoms. The van der Waals surface area contributed by atoms with Crippen LogP contribution in [0.3, 0.4) is 0 Å². The van der Waals surface area contributed by atoms with Gasteiger partial charge in [0, 0.05) is 16.9 Å². The van der Waals surface area contributed by atoms with Gasteiger partial charge in [0.1, 0.15) is 4.90 Å². The highest BCUT2D eigenvalue weighted by Gasteiger charge is 2.20. The van der Waals surface area contributed by atoms with Crippen LogP contribution in [0.1, 0.15) is 20.8 Å². The summed E-state index contributed by atoms with van der Waals surface area (Å²) in [5.41, 5.74) is -0.202. The van der Waals surface area contributed by atoms with E-state index in [0.717, 1.165) is 0 Å². The van der Waals surface area contributed by atoms with Crippen LogP contribution < -0.4 is 0 Å². The molecule has 0 atom stereocenters. The van der Waals surface area contributed by atoms with Crippen LogP contribution >= 0.6 is 15.9 Å². The summed E-state index contributed by atoms with van der Waals surface area (Å²) in [5.74, 6) is 0. The predicted molar refractivity (Wildman–Crippen MR) is 64.5 cm³/mol. The number of rotatable bonds is 3. The van der Waals surface area contributed by atoms with Crippen molar-refractivity contribution >= 4 is 26.0 Å². The Morgan fingerprint density at radius 2 is 2.00 bits per heavy atom. The first-order valence-electron chi connectivity index (χ1n) is 4.71. The molecular weight excluding hydrogens is 294 g/mol. The van der Waals surface area contributed by atoms with Crippen molar-refractivity contribution in [2.45, 2.75) is 25.7 Å². The van der Waals surface area contributed by atoms with Gasteiger partial charge < -0.3 is 0 Å². The number of pyridine rings is 1. The van der Waals surface area contributed by atoms with Crippen molar-refractivity contribution in [1.82, 2.24) is 4.98 Å². The van der Waals surface area contributed by atoms with Crippen LogP contribution in [0.2, 0.25) is 0 Å². The molecule has 0 aliphatic heterocycles. The maximum Gasteiger partial charge on any atom is 0.298 e. The summed E-state index contributed by atoms with van der Waals surface area (Å²) in [6.07, 6.45) is 2.78. The maximum absolute atomic E-state index is 11.7. The molecular formula is C10H14BrNO3S. The van der Waals surface area contributed by atoms with E-state index in [9.17, 15) is 8.42 Å². The van der Waals surface area contributed by atoms with Crippen molar-refractivity contribution in [2.75, 3.05) is 6.61 Å². The first-order valence-corrected chi connectivity index (χ1v) is 6.91. The third-order valence-corrected chi connectivity index (χ3v) is 3.28. The third-order valence-electron chi connectivity index (χ3n) is 1.62. The van der Waals surface area contributed by atoms with Crippen LogP contribution in [0, 0.1) is 5.41 Å². The average Bonchev–Trinajstić information content (AvgIpc) is 2.14. The number of halogens is 1. The first-order chi connectivity index (χ1) is 7.21. The Morgan fingerprint density at radius 3 is 2.50 bits per heavy atom. The van der Waals surface area contributed by atoms with Gasteiger partial charge in [-0.05, 0) is 27.4 Å². The Balaban J connectivity index is 2.87. The van der Waals surface area contributed by atoms with E-state index in [1.165, 1.54) is 18.5 Å². The molecule has 0 saturated heterocycles. The molecule has 0 fully saturated rings. The van der Waals surface area contributed by atoms with E-state index in [-0.39, 0.29) is 16.9 Å². The SMILES string of the molecule is CC(C)(C)COS(=O)(=O)c1cncc(Br)c1. The van der Waals surface area contributed by atoms with E-state index in [0.29, 0.717) is 4.47 Å². The van der Waals surface area contributed by atoms with Gasteiger partial charge in [0.15, 0.2) is 0 Å². The van der Waals surface area contributed by atoms with Crippen LogP contribution in [0.15, 0.2) is 27.8 Å². The zero-order valence-corrected chi connectivity index (χ0v) is 11.8. The van der Waals surface area contributed by atoms with Gasteiger partial charge in [-0.3, -0.25) is 9.17 Å². The van der Waals surface area contributed by atoms with Gasteiger partial charge in [0.2, 0.25) is 0 Å². The Morgan fingerprint density at radius 1 is 1.38 bits per heavy atom. The fourth-order valence-electron chi connectivity index (χ4n) is 0.851. The highest BCUT2D eigenvalue weighted by molar-refractivity contribution is 9.10. The Labute approximate surface area is 104 Å². The van der Waals surface area contributed by atoms with Crippen LogP contribution in [0.25, 0.3) is 0 Å². The fraction of sp³-hybridized carbons (Fsp3) is 0.500. The van der Waals surface area contributed by atoms with Crippen molar-refractivity contribution < 1.29 is 12.6 Å². The van der Waals surface area contributed by atoms with Gasteiger partial charge in [-0.2, -0.15) is 8.42 Å². The van der Waals surface area contributed by atoms with Crippen LogP contribution in [0.4, 0.5) is 0 Å². The molecule has 0 radical (unpaired) electrons. The third kappa shape index (κ3) is 4.19. The molecule has 6 heteroatoms. The summed E-state index contributed by atoms with van der Waals surface area (Å²) in [7, 11) is -3.71. The van der Waals surface area contributed by atoms with Crippen LogP contribution in [-0.2, 0) is 14.3 Å². The smallest absolute Gasteiger partial charge is 0.266 e. The highest BCUT2D eigenvalue weighted by atomic mass is 79.9. The van der Waals surface area contributed by atoms with E-state index < -0.39 is 10.1 Å². The lowest BCUT2D eigenvalue weighted by atomic mass is 9.99. The zero-order valence-electron chi connectivity index (χ0n) is 9.40. The predicted octanol–water partition coefficient (Wildman–Crippen LogP) is 2.60. The Kier molecular flexibility index (Phi) is 4.09. The summed E-state index contributed by atoms with van der Waals surface area (Å²) in [5, 5.41) is 0. The summed E-state index contributed by atoms with van der Waals surface area (Å²) >= 11 is 3.16. The van der Waals surface area contributed by atoms with Crippen LogP contribution in [0.5, 0.6) is 0 Å². The minimum Gasteiger partial charge on any atom is -0.266 e. The molecule has 0 aromatic carbocycles. The standard InChI is InChI=1S/C10H14BrNO3S/c1-10(2,3)7-15-16(13,14)9-4-8(11)5-12-6-9/h4-6H,7H2,1-3H3. The molecule has 0 N–H and O–H groups in total. The molecule has 1 aromatic heterocycles. The summed E-state index contributed by atoms with van der Waals surface area (Å²) in [6, 6.07) is 1.46. The van der Waals surface area contributed by atoms with E-state index in [4.69, 9.17) is 4.18 Å². The summed E-state index contributed by atoms with van der Waals surface area (Å²) < 4.78 is 29.0. The first kappa shape index (κ1) is 13.6. The van der Waals surface area contributed by atoms with Crippen molar-refractivity contribution in [2.24, 2.45) is 5.41 Å². The van der Waals surface area contributed by atoms with Gasteiger partial charge in [0.05, 0.1) is 6.61 Å². The molecule has 0 saturated carbocycles. The molecule has 90 valence electrons. The van der Waals surface area contributed by atoms with Crippen LogP contribution in [-0.4, -0.2) is 20.0 Å². The number of nitrogens with zero attached hydrogens (tertiary/aromatic N) is 1. The van der Waals surface area contributed by atoms with Gasteiger partial charge in [-0.15, -0.1) is 0 Å². The molecule has 0 aliphatic carbocycles. The zero-order chi connectivity index (χ0) is 12.4. The molecule has 0 aliphatic rings. The Bertz CT molecular complexity index is 465. The van der Waals surface area contributed by atoms with Gasteiger partial charge in [-0.25, -0.2) is 0 Å². The van der Waals surface area contributed by atoms with Crippen molar-refractivity contribution in [3.63, 3.8) is 0 Å². The minimum atomic E-state index is -3.71. The van der Waals surface area contributed by atoms with Gasteiger partial charge in [-0.1, -0.05) is 20.8 Å². The largest absolute Gasteiger partial charge is 0.298 e. The second-order valence-corrected chi connectivity index (χ2v) is 7.15. The van der Waals surface area contributed by atoms with Gasteiger partial charge in [0.25, 0.3) is 10.1 Å². The van der Waals surface area contributed by atoms with Crippen molar-refractivity contribution in [3.8, 4) is 0 Å². The molecule has 1 aromatic rings. The number of hydrogen-bond donors (Lipinski definition) is 0. The maximum atomic E-state index is 11.7.